The van der Waals surface area contributed by atoms with E-state index in [0.717, 1.165) is 59.4 Å². The lowest BCUT2D eigenvalue weighted by Gasteiger charge is -2.35. The van der Waals surface area contributed by atoms with Crippen LogP contribution in [0.1, 0.15) is 6.92 Å². The predicted octanol–water partition coefficient (Wildman–Crippen LogP) is 4.34. The fraction of sp³-hybridized carbons (Fsp3) is 0.300. The lowest BCUT2D eigenvalue weighted by molar-refractivity contribution is 0.270. The van der Waals surface area contributed by atoms with Gasteiger partial charge < -0.3 is 9.80 Å². The zero-order valence-corrected chi connectivity index (χ0v) is 16.2. The monoisotopic (exact) mass is 414 g/mol. The Hall–Kier alpha value is -2.05. The molecule has 1 aromatic heterocycles. The van der Waals surface area contributed by atoms with Crippen LogP contribution in [-0.2, 0) is 0 Å². The third-order valence-corrected chi connectivity index (χ3v) is 5.47. The van der Waals surface area contributed by atoms with Gasteiger partial charge in [-0.1, -0.05) is 28.9 Å². The second-order valence-electron chi connectivity index (χ2n) is 6.47. The van der Waals surface area contributed by atoms with Crippen LogP contribution in [0.4, 0.5) is 10.1 Å². The first kappa shape index (κ1) is 17.4. The molecule has 2 heterocycles. The van der Waals surface area contributed by atoms with Gasteiger partial charge in [-0.15, -0.1) is 0 Å². The molecule has 1 saturated heterocycles. The first-order chi connectivity index (χ1) is 12.7. The summed E-state index contributed by atoms with van der Waals surface area (Å²) < 4.78 is 15.8. The minimum atomic E-state index is -0.200. The van der Waals surface area contributed by atoms with Crippen LogP contribution in [0.3, 0.4) is 0 Å². The number of piperazine rings is 1. The van der Waals surface area contributed by atoms with Crippen molar-refractivity contribution in [3.05, 3.63) is 53.0 Å². The van der Waals surface area contributed by atoms with Gasteiger partial charge in [-0.2, -0.15) is 0 Å². The maximum absolute atomic E-state index is 14.9. The van der Waals surface area contributed by atoms with Gasteiger partial charge in [-0.3, -0.25) is 0 Å². The van der Waals surface area contributed by atoms with Crippen molar-refractivity contribution < 1.29 is 4.39 Å². The zero-order chi connectivity index (χ0) is 18.1. The number of rotatable bonds is 3. The van der Waals surface area contributed by atoms with Gasteiger partial charge in [-0.25, -0.2) is 14.4 Å². The lowest BCUT2D eigenvalue weighted by atomic mass is 10.1. The van der Waals surface area contributed by atoms with E-state index >= 15 is 0 Å². The summed E-state index contributed by atoms with van der Waals surface area (Å²) in [7, 11) is 0. The number of hydrogen-bond acceptors (Lipinski definition) is 4. The summed E-state index contributed by atoms with van der Waals surface area (Å²) in [5, 5.41) is 0.908. The van der Waals surface area contributed by atoms with Crippen LogP contribution in [0, 0.1) is 5.82 Å². The molecule has 0 bridgehead atoms. The van der Waals surface area contributed by atoms with Crippen molar-refractivity contribution in [3.8, 4) is 11.3 Å². The Bertz CT molecular complexity index is 938. The van der Waals surface area contributed by atoms with Gasteiger partial charge >= 0.3 is 0 Å². The standard InChI is InChI=1S/C20H20BrFN4/c1-2-25-7-9-26(10-8-25)19-6-3-14(11-17(19)22)20-16-12-15(21)4-5-18(16)23-13-24-20/h3-6,11-13H,2,7-10H2,1H3. The molecule has 0 saturated carbocycles. The van der Waals surface area contributed by atoms with E-state index in [4.69, 9.17) is 0 Å². The number of aromatic nitrogens is 2. The molecule has 0 N–H and O–H groups in total. The topological polar surface area (TPSA) is 32.3 Å². The molecule has 1 aliphatic rings. The summed E-state index contributed by atoms with van der Waals surface area (Å²) in [5.41, 5.74) is 3.03. The van der Waals surface area contributed by atoms with Crippen molar-refractivity contribution in [1.82, 2.24) is 14.9 Å². The average molecular weight is 415 g/mol. The summed E-state index contributed by atoms with van der Waals surface area (Å²) in [6.07, 6.45) is 1.53. The van der Waals surface area contributed by atoms with Crippen molar-refractivity contribution in [3.63, 3.8) is 0 Å². The molecule has 0 atom stereocenters. The van der Waals surface area contributed by atoms with Crippen molar-refractivity contribution in [2.24, 2.45) is 0 Å². The minimum Gasteiger partial charge on any atom is -0.367 e. The van der Waals surface area contributed by atoms with Crippen LogP contribution in [0.25, 0.3) is 22.2 Å². The Morgan fingerprint density at radius 2 is 1.85 bits per heavy atom. The van der Waals surface area contributed by atoms with E-state index in [2.05, 4.69) is 42.6 Å². The molecule has 4 rings (SSSR count). The molecular weight excluding hydrogens is 395 g/mol. The van der Waals surface area contributed by atoms with Gasteiger partial charge in [-0.05, 0) is 36.9 Å². The number of likely N-dealkylation sites (N-methyl/N-ethyl adjacent to an activating group) is 1. The van der Waals surface area contributed by atoms with E-state index in [9.17, 15) is 4.39 Å². The quantitative estimate of drug-likeness (QED) is 0.637. The first-order valence-corrected chi connectivity index (χ1v) is 9.62. The summed E-state index contributed by atoms with van der Waals surface area (Å²) >= 11 is 3.49. The first-order valence-electron chi connectivity index (χ1n) is 8.83. The Morgan fingerprint density at radius 1 is 1.04 bits per heavy atom. The molecule has 26 heavy (non-hydrogen) atoms. The van der Waals surface area contributed by atoms with Crippen LogP contribution in [0.2, 0.25) is 0 Å². The summed E-state index contributed by atoms with van der Waals surface area (Å²) in [6, 6.07) is 11.3. The highest BCUT2D eigenvalue weighted by atomic mass is 79.9. The number of benzene rings is 2. The molecule has 134 valence electrons. The van der Waals surface area contributed by atoms with Gasteiger partial charge in [0.05, 0.1) is 16.9 Å². The number of hydrogen-bond donors (Lipinski definition) is 0. The van der Waals surface area contributed by atoms with Crippen LogP contribution in [0.5, 0.6) is 0 Å². The molecule has 3 aromatic rings. The van der Waals surface area contributed by atoms with Crippen LogP contribution in [-0.4, -0.2) is 47.6 Å². The van der Waals surface area contributed by atoms with E-state index in [-0.39, 0.29) is 5.82 Å². The van der Waals surface area contributed by atoms with Crippen molar-refractivity contribution in [2.45, 2.75) is 6.92 Å². The molecular formula is C20H20BrFN4. The SMILES string of the molecule is CCN1CCN(c2ccc(-c3ncnc4ccc(Br)cc34)cc2F)CC1. The average Bonchev–Trinajstić information content (AvgIpc) is 2.67. The van der Waals surface area contributed by atoms with Crippen molar-refractivity contribution in [1.29, 1.82) is 0 Å². The zero-order valence-electron chi connectivity index (χ0n) is 14.6. The Balaban J connectivity index is 1.68. The second kappa shape index (κ2) is 7.29. The molecule has 6 heteroatoms. The van der Waals surface area contributed by atoms with E-state index in [1.54, 1.807) is 6.07 Å². The maximum atomic E-state index is 14.9. The third kappa shape index (κ3) is 3.31. The molecule has 0 amide bonds. The number of fused-ring (bicyclic) bond motifs is 1. The maximum Gasteiger partial charge on any atom is 0.147 e. The normalized spacial score (nSPS) is 15.6. The van der Waals surface area contributed by atoms with Gasteiger partial charge in [0.2, 0.25) is 0 Å². The number of halogens is 2. The van der Waals surface area contributed by atoms with Crippen LogP contribution in [0.15, 0.2) is 47.2 Å². The summed E-state index contributed by atoms with van der Waals surface area (Å²) in [5.74, 6) is -0.200. The molecule has 0 unspecified atom stereocenters. The van der Waals surface area contributed by atoms with E-state index in [1.165, 1.54) is 6.33 Å². The molecule has 0 radical (unpaired) electrons. The van der Waals surface area contributed by atoms with Crippen molar-refractivity contribution in [2.75, 3.05) is 37.6 Å². The molecule has 4 nitrogen and oxygen atoms in total. The molecule has 0 aliphatic carbocycles. The van der Waals surface area contributed by atoms with Crippen LogP contribution < -0.4 is 4.90 Å². The third-order valence-electron chi connectivity index (χ3n) is 4.98. The van der Waals surface area contributed by atoms with E-state index < -0.39 is 0 Å². The van der Waals surface area contributed by atoms with Gasteiger partial charge in [0.25, 0.3) is 0 Å². The van der Waals surface area contributed by atoms with Gasteiger partial charge in [0.15, 0.2) is 0 Å². The number of nitrogens with zero attached hydrogens (tertiary/aromatic N) is 4. The van der Waals surface area contributed by atoms with Gasteiger partial charge in [0.1, 0.15) is 12.1 Å². The molecule has 1 aliphatic heterocycles. The Morgan fingerprint density at radius 3 is 2.58 bits per heavy atom. The smallest absolute Gasteiger partial charge is 0.147 e. The highest BCUT2D eigenvalue weighted by molar-refractivity contribution is 9.10. The van der Waals surface area contributed by atoms with E-state index in [0.29, 0.717) is 5.69 Å². The summed E-state index contributed by atoms with van der Waals surface area (Å²) in [6.45, 7) is 6.87. The highest BCUT2D eigenvalue weighted by Crippen LogP contribution is 2.31. The highest BCUT2D eigenvalue weighted by Gasteiger charge is 2.19. The Labute approximate surface area is 160 Å². The molecule has 2 aromatic carbocycles. The fourth-order valence-corrected chi connectivity index (χ4v) is 3.84. The fourth-order valence-electron chi connectivity index (χ4n) is 3.47. The largest absolute Gasteiger partial charge is 0.367 e. The van der Waals surface area contributed by atoms with E-state index in [1.807, 2.05) is 30.3 Å². The molecule has 0 spiro atoms. The second-order valence-corrected chi connectivity index (χ2v) is 7.39. The molecule has 1 fully saturated rings. The number of anilines is 1. The predicted molar refractivity (Wildman–Crippen MR) is 107 cm³/mol. The van der Waals surface area contributed by atoms with Gasteiger partial charge in [0, 0.05) is 41.6 Å². The van der Waals surface area contributed by atoms with Crippen molar-refractivity contribution >= 4 is 32.5 Å². The van der Waals surface area contributed by atoms with Crippen LogP contribution >= 0.6 is 15.9 Å². The summed E-state index contributed by atoms with van der Waals surface area (Å²) in [4.78, 5) is 13.2. The Kier molecular flexibility index (Phi) is 4.87. The minimum absolute atomic E-state index is 0.200. The lowest BCUT2D eigenvalue weighted by Crippen LogP contribution is -2.46.